The minimum Gasteiger partial charge on any atom is -0.481 e. The number of carboxylic acid groups (broad SMARTS) is 2. The molecule has 0 saturated carbocycles. The van der Waals surface area contributed by atoms with Gasteiger partial charge in [0.25, 0.3) is 0 Å². The molecule has 0 spiro atoms. The highest BCUT2D eigenvalue weighted by atomic mass is 32.2. The predicted octanol–water partition coefficient (Wildman–Crippen LogP) is -0.127. The van der Waals surface area contributed by atoms with Crippen LogP contribution in [0.3, 0.4) is 0 Å². The van der Waals surface area contributed by atoms with Gasteiger partial charge in [0.05, 0.1) is 0 Å². The first-order valence-corrected chi connectivity index (χ1v) is 3.61. The number of carboxylic acids is 2. The Morgan fingerprint density at radius 1 is 1.36 bits per heavy atom. The van der Waals surface area contributed by atoms with E-state index in [1.54, 1.807) is 0 Å². The molecule has 0 radical (unpaired) electrons. The monoisotopic (exact) mass is 175 g/mol. The van der Waals surface area contributed by atoms with Crippen LogP contribution in [-0.2, 0) is 9.59 Å². The van der Waals surface area contributed by atoms with E-state index >= 15 is 0 Å². The number of hydrogen-bond acceptors (Lipinski definition) is 4. The molecule has 0 aromatic rings. The smallest absolute Gasteiger partial charge is 0.319 e. The minimum atomic E-state index is -1.15. The fourth-order valence-corrected chi connectivity index (χ4v) is 1.44. The lowest BCUT2D eigenvalue weighted by atomic mass is 10.1. The van der Waals surface area contributed by atoms with E-state index in [0.29, 0.717) is 0 Å². The first-order valence-electron chi connectivity index (χ1n) is 2.78. The van der Waals surface area contributed by atoms with Crippen molar-refractivity contribution in [1.29, 1.82) is 0 Å². The van der Waals surface area contributed by atoms with Gasteiger partial charge in [0.15, 0.2) is 0 Å². The van der Waals surface area contributed by atoms with Gasteiger partial charge in [-0.25, -0.2) is 4.40 Å². The SMILES string of the molecule is O=C(O)C1C=NSC1C(=O)O. The number of hydrogen-bond donors (Lipinski definition) is 2. The van der Waals surface area contributed by atoms with Crippen LogP contribution in [0.25, 0.3) is 0 Å². The van der Waals surface area contributed by atoms with Crippen molar-refractivity contribution in [2.24, 2.45) is 10.3 Å². The van der Waals surface area contributed by atoms with Crippen LogP contribution in [0.4, 0.5) is 0 Å². The van der Waals surface area contributed by atoms with Crippen molar-refractivity contribution < 1.29 is 19.8 Å². The summed E-state index contributed by atoms with van der Waals surface area (Å²) in [6.45, 7) is 0. The summed E-state index contributed by atoms with van der Waals surface area (Å²) in [4.78, 5) is 20.7. The lowest BCUT2D eigenvalue weighted by Gasteiger charge is -2.05. The normalized spacial score (nSPS) is 28.7. The van der Waals surface area contributed by atoms with Gasteiger partial charge in [-0.2, -0.15) is 0 Å². The fraction of sp³-hybridized carbons (Fsp3) is 0.400. The Morgan fingerprint density at radius 3 is 2.36 bits per heavy atom. The topological polar surface area (TPSA) is 87.0 Å². The van der Waals surface area contributed by atoms with Gasteiger partial charge in [-0.15, -0.1) is 0 Å². The molecule has 6 heteroatoms. The lowest BCUT2D eigenvalue weighted by molar-refractivity contribution is -0.144. The zero-order valence-electron chi connectivity index (χ0n) is 5.30. The molecule has 0 amide bonds. The van der Waals surface area contributed by atoms with Crippen molar-refractivity contribution in [1.82, 2.24) is 0 Å². The predicted molar refractivity (Wildman–Crippen MR) is 38.6 cm³/mol. The highest BCUT2D eigenvalue weighted by Crippen LogP contribution is 2.26. The second-order valence-corrected chi connectivity index (χ2v) is 2.91. The van der Waals surface area contributed by atoms with Crippen LogP contribution in [0, 0.1) is 5.92 Å². The van der Waals surface area contributed by atoms with Crippen molar-refractivity contribution in [2.45, 2.75) is 5.25 Å². The van der Waals surface area contributed by atoms with Crippen LogP contribution in [0.1, 0.15) is 0 Å². The molecular weight excluding hydrogens is 170 g/mol. The minimum absolute atomic E-state index is 0.776. The van der Waals surface area contributed by atoms with Crippen LogP contribution in [0.2, 0.25) is 0 Å². The Bertz CT molecular complexity index is 227. The van der Waals surface area contributed by atoms with Crippen molar-refractivity contribution in [3.63, 3.8) is 0 Å². The molecule has 2 unspecified atom stereocenters. The third-order valence-corrected chi connectivity index (χ3v) is 2.22. The molecule has 1 aliphatic rings. The lowest BCUT2D eigenvalue weighted by Crippen LogP contribution is -2.30. The van der Waals surface area contributed by atoms with E-state index in [-0.39, 0.29) is 0 Å². The number of carbonyl (C=O) groups is 2. The van der Waals surface area contributed by atoms with Crippen molar-refractivity contribution in [2.75, 3.05) is 0 Å². The Hall–Kier alpha value is -1.04. The molecule has 11 heavy (non-hydrogen) atoms. The van der Waals surface area contributed by atoms with Gasteiger partial charge < -0.3 is 10.2 Å². The van der Waals surface area contributed by atoms with E-state index in [4.69, 9.17) is 10.2 Å². The molecule has 0 aromatic carbocycles. The van der Waals surface area contributed by atoms with Gasteiger partial charge in [-0.1, -0.05) is 0 Å². The summed E-state index contributed by atoms with van der Waals surface area (Å²) >= 11 is 0.776. The molecule has 0 fully saturated rings. The summed E-state index contributed by atoms with van der Waals surface area (Å²) in [6.07, 6.45) is 1.14. The van der Waals surface area contributed by atoms with Crippen molar-refractivity contribution in [3.05, 3.63) is 0 Å². The van der Waals surface area contributed by atoms with E-state index in [1.165, 1.54) is 0 Å². The van der Waals surface area contributed by atoms with Crippen LogP contribution in [0.15, 0.2) is 4.40 Å². The molecule has 1 heterocycles. The largest absolute Gasteiger partial charge is 0.481 e. The summed E-state index contributed by atoms with van der Waals surface area (Å²) < 4.78 is 3.52. The number of rotatable bonds is 2. The first kappa shape index (κ1) is 8.06. The molecule has 0 bridgehead atoms. The van der Waals surface area contributed by atoms with E-state index in [2.05, 4.69) is 4.40 Å². The molecule has 2 N–H and O–H groups in total. The Kier molecular flexibility index (Phi) is 2.13. The van der Waals surface area contributed by atoms with E-state index in [0.717, 1.165) is 18.2 Å². The highest BCUT2D eigenvalue weighted by molar-refractivity contribution is 7.99. The summed E-state index contributed by atoms with van der Waals surface area (Å²) in [5, 5.41) is 16.0. The average Bonchev–Trinajstić information content (AvgIpc) is 2.32. The maximum absolute atomic E-state index is 10.4. The number of nitrogens with zero attached hydrogens (tertiary/aromatic N) is 1. The highest BCUT2D eigenvalue weighted by Gasteiger charge is 2.36. The maximum atomic E-state index is 10.4. The quantitative estimate of drug-likeness (QED) is 0.571. The maximum Gasteiger partial charge on any atom is 0.319 e. The van der Waals surface area contributed by atoms with Gasteiger partial charge in [-0.3, -0.25) is 9.59 Å². The molecule has 5 nitrogen and oxygen atoms in total. The fourth-order valence-electron chi connectivity index (χ4n) is 0.702. The Morgan fingerprint density at radius 2 is 2.00 bits per heavy atom. The van der Waals surface area contributed by atoms with E-state index in [1.807, 2.05) is 0 Å². The first-order chi connectivity index (χ1) is 5.13. The van der Waals surface area contributed by atoms with Crippen LogP contribution < -0.4 is 0 Å². The molecular formula is C5H5NO4S. The third kappa shape index (κ3) is 1.51. The zero-order chi connectivity index (χ0) is 8.43. The van der Waals surface area contributed by atoms with Gasteiger partial charge in [0, 0.05) is 6.21 Å². The summed E-state index contributed by atoms with van der Waals surface area (Å²) in [7, 11) is 0. The molecule has 0 aliphatic carbocycles. The summed E-state index contributed by atoms with van der Waals surface area (Å²) in [5.41, 5.74) is 0. The van der Waals surface area contributed by atoms with Crippen LogP contribution in [-0.4, -0.2) is 33.6 Å². The molecule has 60 valence electrons. The molecule has 0 saturated heterocycles. The van der Waals surface area contributed by atoms with Crippen molar-refractivity contribution >= 4 is 30.1 Å². The second kappa shape index (κ2) is 2.91. The Labute approximate surface area is 66.3 Å². The van der Waals surface area contributed by atoms with E-state index in [9.17, 15) is 9.59 Å². The van der Waals surface area contributed by atoms with Crippen LogP contribution >= 0.6 is 11.9 Å². The van der Waals surface area contributed by atoms with Gasteiger partial charge in [0.2, 0.25) is 0 Å². The summed E-state index contributed by atoms with van der Waals surface area (Å²) in [5.74, 6) is -3.27. The number of aliphatic carboxylic acids is 2. The molecule has 1 aliphatic heterocycles. The Balaban J connectivity index is 2.71. The molecule has 1 rings (SSSR count). The zero-order valence-corrected chi connectivity index (χ0v) is 6.11. The van der Waals surface area contributed by atoms with Gasteiger partial charge in [-0.05, 0) is 11.9 Å². The van der Waals surface area contributed by atoms with Crippen LogP contribution in [0.5, 0.6) is 0 Å². The molecule has 0 aromatic heterocycles. The van der Waals surface area contributed by atoms with Gasteiger partial charge >= 0.3 is 11.9 Å². The average molecular weight is 175 g/mol. The second-order valence-electron chi connectivity index (χ2n) is 1.98. The van der Waals surface area contributed by atoms with E-state index < -0.39 is 23.1 Å². The summed E-state index contributed by atoms with van der Waals surface area (Å²) in [6, 6.07) is 0. The van der Waals surface area contributed by atoms with Gasteiger partial charge in [0.1, 0.15) is 11.2 Å². The molecule has 2 atom stereocenters. The third-order valence-electron chi connectivity index (χ3n) is 1.25. The standard InChI is InChI=1S/C5H5NO4S/c7-4(8)2-1-6-11-3(2)5(9)10/h1-3H,(H,7,8)(H,9,10). The van der Waals surface area contributed by atoms with Crippen molar-refractivity contribution in [3.8, 4) is 0 Å².